The normalized spacial score (nSPS) is 11.4. The van der Waals surface area contributed by atoms with Gasteiger partial charge in [-0.2, -0.15) is 0 Å². The standard InChI is InChI=1S/C56H37NS/c1-3-25-46-38(15-1)17-12-29-48(46)43-22-11-24-45(37-43)57(54-33-7-5-27-51(54)50-31-13-18-39-16-2-4-26-47(39)50)44-23-10-20-41(36-44)40-19-9-21-42(35-40)49-30-14-32-53-52-28-6-8-34-55(52)58-56(49)53/h1-37H. The van der Waals surface area contributed by atoms with Gasteiger partial charge in [-0.15, -0.1) is 11.3 Å². The third-order valence-electron chi connectivity index (χ3n) is 11.4. The molecule has 0 N–H and O–H groups in total. The molecule has 0 saturated heterocycles. The maximum absolute atomic E-state index is 2.44. The number of rotatable bonds is 7. The molecule has 1 nitrogen and oxygen atoms in total. The zero-order valence-corrected chi connectivity index (χ0v) is 32.5. The highest BCUT2D eigenvalue weighted by atomic mass is 32.1. The van der Waals surface area contributed by atoms with Crippen LogP contribution in [0.25, 0.3) is 86.2 Å². The smallest absolute Gasteiger partial charge is 0.0540 e. The maximum Gasteiger partial charge on any atom is 0.0540 e. The van der Waals surface area contributed by atoms with Crippen LogP contribution in [-0.2, 0) is 0 Å². The first-order chi connectivity index (χ1) is 28.8. The second-order valence-electron chi connectivity index (χ2n) is 14.9. The van der Waals surface area contributed by atoms with Crippen molar-refractivity contribution in [2.75, 3.05) is 4.90 Å². The van der Waals surface area contributed by atoms with Crippen LogP contribution in [0.5, 0.6) is 0 Å². The Hall–Kier alpha value is -7.26. The highest BCUT2D eigenvalue weighted by Crippen LogP contribution is 2.45. The van der Waals surface area contributed by atoms with Crippen LogP contribution in [0, 0.1) is 0 Å². The van der Waals surface area contributed by atoms with Gasteiger partial charge in [0.05, 0.1) is 5.69 Å². The Morgan fingerprint density at radius 1 is 0.293 bits per heavy atom. The molecule has 0 aliphatic rings. The molecule has 0 spiro atoms. The lowest BCUT2D eigenvalue weighted by Crippen LogP contribution is -2.11. The van der Waals surface area contributed by atoms with Crippen LogP contribution in [0.1, 0.15) is 0 Å². The molecule has 0 atom stereocenters. The fourth-order valence-electron chi connectivity index (χ4n) is 8.74. The van der Waals surface area contributed by atoms with E-state index in [9.17, 15) is 0 Å². The van der Waals surface area contributed by atoms with Crippen LogP contribution >= 0.6 is 11.3 Å². The minimum Gasteiger partial charge on any atom is -0.310 e. The predicted octanol–water partition coefficient (Wildman–Crippen LogP) is 16.5. The highest BCUT2D eigenvalue weighted by molar-refractivity contribution is 7.26. The zero-order valence-electron chi connectivity index (χ0n) is 31.7. The Labute approximate surface area is 342 Å². The second kappa shape index (κ2) is 14.4. The number of para-hydroxylation sites is 1. The topological polar surface area (TPSA) is 3.24 Å². The highest BCUT2D eigenvalue weighted by Gasteiger charge is 2.20. The Balaban J connectivity index is 1.08. The Bertz CT molecular complexity index is 3310. The lowest BCUT2D eigenvalue weighted by molar-refractivity contribution is 1.28. The molecule has 0 saturated carbocycles. The van der Waals surface area contributed by atoms with E-state index < -0.39 is 0 Å². The average Bonchev–Trinajstić information content (AvgIpc) is 3.68. The molecular weight excluding hydrogens is 719 g/mol. The van der Waals surface area contributed by atoms with Crippen LogP contribution < -0.4 is 4.90 Å². The summed E-state index contributed by atoms with van der Waals surface area (Å²) in [6, 6.07) is 82.0. The summed E-state index contributed by atoms with van der Waals surface area (Å²) in [5.41, 5.74) is 13.0. The molecule has 0 fully saturated rings. The molecule has 58 heavy (non-hydrogen) atoms. The molecular formula is C56H37NS. The minimum atomic E-state index is 1.09. The van der Waals surface area contributed by atoms with Gasteiger partial charge in [0.1, 0.15) is 0 Å². The molecule has 0 unspecified atom stereocenters. The van der Waals surface area contributed by atoms with E-state index in [2.05, 4.69) is 229 Å². The molecule has 0 bridgehead atoms. The second-order valence-corrected chi connectivity index (χ2v) is 15.9. The SMILES string of the molecule is c1cc(-c2cccc(N(c3cccc(-c4cccc5ccccc45)c3)c3ccccc3-c3cccc4ccccc34)c2)cc(-c2cccc3c2sc2ccccc23)c1. The van der Waals surface area contributed by atoms with Gasteiger partial charge in [-0.05, 0) is 103 Å². The van der Waals surface area contributed by atoms with Gasteiger partial charge in [0.2, 0.25) is 0 Å². The third-order valence-corrected chi connectivity index (χ3v) is 12.7. The molecule has 11 aromatic rings. The van der Waals surface area contributed by atoms with E-state index in [0.717, 1.165) is 17.1 Å². The number of nitrogens with zero attached hydrogens (tertiary/aromatic N) is 1. The monoisotopic (exact) mass is 755 g/mol. The lowest BCUT2D eigenvalue weighted by Gasteiger charge is -2.29. The zero-order chi connectivity index (χ0) is 38.4. The summed E-state index contributed by atoms with van der Waals surface area (Å²) in [4.78, 5) is 2.44. The molecule has 10 aromatic carbocycles. The van der Waals surface area contributed by atoms with Crippen LogP contribution in [0.2, 0.25) is 0 Å². The van der Waals surface area contributed by atoms with Crippen LogP contribution in [0.3, 0.4) is 0 Å². The molecule has 0 radical (unpaired) electrons. The minimum absolute atomic E-state index is 1.09. The number of anilines is 3. The van der Waals surface area contributed by atoms with Crippen molar-refractivity contribution in [1.29, 1.82) is 0 Å². The van der Waals surface area contributed by atoms with E-state index in [-0.39, 0.29) is 0 Å². The van der Waals surface area contributed by atoms with Gasteiger partial charge in [0.25, 0.3) is 0 Å². The summed E-state index contributed by atoms with van der Waals surface area (Å²) in [7, 11) is 0. The summed E-state index contributed by atoms with van der Waals surface area (Å²) in [5, 5.41) is 7.59. The van der Waals surface area contributed by atoms with E-state index >= 15 is 0 Å². The van der Waals surface area contributed by atoms with Crippen molar-refractivity contribution in [3.8, 4) is 44.5 Å². The molecule has 0 amide bonds. The number of hydrogen-bond acceptors (Lipinski definition) is 2. The average molecular weight is 756 g/mol. The van der Waals surface area contributed by atoms with Gasteiger partial charge >= 0.3 is 0 Å². The predicted molar refractivity (Wildman–Crippen MR) is 251 cm³/mol. The Morgan fingerprint density at radius 3 is 1.53 bits per heavy atom. The molecule has 272 valence electrons. The van der Waals surface area contributed by atoms with Crippen molar-refractivity contribution in [2.24, 2.45) is 0 Å². The fraction of sp³-hybridized carbons (Fsp3) is 0. The first kappa shape index (κ1) is 34.0. The van der Waals surface area contributed by atoms with Crippen molar-refractivity contribution >= 4 is 70.1 Å². The summed E-state index contributed by atoms with van der Waals surface area (Å²) >= 11 is 1.88. The van der Waals surface area contributed by atoms with Gasteiger partial charge in [0.15, 0.2) is 0 Å². The molecule has 2 heteroatoms. The van der Waals surface area contributed by atoms with E-state index in [4.69, 9.17) is 0 Å². The van der Waals surface area contributed by atoms with Gasteiger partial charge in [0, 0.05) is 37.1 Å². The lowest BCUT2D eigenvalue weighted by atomic mass is 9.95. The van der Waals surface area contributed by atoms with Gasteiger partial charge in [-0.25, -0.2) is 0 Å². The summed E-state index contributed by atoms with van der Waals surface area (Å²) in [5.74, 6) is 0. The largest absolute Gasteiger partial charge is 0.310 e. The molecule has 11 rings (SSSR count). The van der Waals surface area contributed by atoms with Crippen LogP contribution in [0.15, 0.2) is 224 Å². The van der Waals surface area contributed by atoms with Crippen molar-refractivity contribution in [2.45, 2.75) is 0 Å². The van der Waals surface area contributed by atoms with E-state index in [0.29, 0.717) is 0 Å². The van der Waals surface area contributed by atoms with Crippen molar-refractivity contribution in [3.05, 3.63) is 224 Å². The summed E-state index contributed by atoms with van der Waals surface area (Å²) in [6.07, 6.45) is 0. The summed E-state index contributed by atoms with van der Waals surface area (Å²) in [6.45, 7) is 0. The first-order valence-electron chi connectivity index (χ1n) is 19.8. The van der Waals surface area contributed by atoms with E-state index in [1.54, 1.807) is 0 Å². The quantitative estimate of drug-likeness (QED) is 0.157. The number of fused-ring (bicyclic) bond motifs is 5. The van der Waals surface area contributed by atoms with Crippen molar-refractivity contribution in [3.63, 3.8) is 0 Å². The Kier molecular flexibility index (Phi) is 8.42. The fourth-order valence-corrected chi connectivity index (χ4v) is 9.98. The number of benzene rings is 10. The van der Waals surface area contributed by atoms with Gasteiger partial charge in [-0.3, -0.25) is 0 Å². The van der Waals surface area contributed by atoms with Crippen LogP contribution in [0.4, 0.5) is 17.1 Å². The van der Waals surface area contributed by atoms with Crippen molar-refractivity contribution in [1.82, 2.24) is 0 Å². The van der Waals surface area contributed by atoms with Crippen LogP contribution in [-0.4, -0.2) is 0 Å². The number of hydrogen-bond donors (Lipinski definition) is 0. The molecule has 0 aliphatic heterocycles. The Morgan fingerprint density at radius 2 is 0.759 bits per heavy atom. The maximum atomic E-state index is 2.44. The van der Waals surface area contributed by atoms with Crippen molar-refractivity contribution < 1.29 is 0 Å². The van der Waals surface area contributed by atoms with Gasteiger partial charge < -0.3 is 4.90 Å². The molecule has 0 aliphatic carbocycles. The van der Waals surface area contributed by atoms with E-state index in [1.807, 2.05) is 11.3 Å². The van der Waals surface area contributed by atoms with Gasteiger partial charge in [-0.1, -0.05) is 182 Å². The first-order valence-corrected chi connectivity index (χ1v) is 20.7. The third kappa shape index (κ3) is 5.94. The number of thiophene rings is 1. The molecule has 1 heterocycles. The van der Waals surface area contributed by atoms with E-state index in [1.165, 1.54) is 86.2 Å². The summed E-state index contributed by atoms with van der Waals surface area (Å²) < 4.78 is 2.65. The molecule has 1 aromatic heterocycles.